The molecule has 0 amide bonds. The fourth-order valence-corrected chi connectivity index (χ4v) is 4.39. The lowest BCUT2D eigenvalue weighted by Gasteiger charge is -2.28. The molecule has 0 atom stereocenters. The van der Waals surface area contributed by atoms with Gasteiger partial charge in [-0.1, -0.05) is 20.8 Å². The third kappa shape index (κ3) is 3.36. The van der Waals surface area contributed by atoms with Gasteiger partial charge in [0, 0.05) is 13.1 Å². The predicted molar refractivity (Wildman–Crippen MR) is 54.3 cm³/mol. The molecule has 0 rings (SSSR count). The molecule has 0 aliphatic carbocycles. The maximum atomic E-state index is 5.46. The molecule has 3 N–H and O–H groups in total. The first-order valence-electron chi connectivity index (χ1n) is 4.69. The first kappa shape index (κ1) is 11.1. The van der Waals surface area contributed by atoms with Gasteiger partial charge >= 0.3 is 0 Å². The molecular weight excluding hydrogens is 152 g/mol. The molecule has 0 radical (unpaired) electrons. The van der Waals surface area contributed by atoms with E-state index >= 15 is 0 Å². The molecule has 0 saturated heterocycles. The lowest BCUT2D eigenvalue weighted by molar-refractivity contribution is 0.845. The summed E-state index contributed by atoms with van der Waals surface area (Å²) in [4.78, 5) is 3.65. The summed E-state index contributed by atoms with van der Waals surface area (Å²) in [6, 6.07) is 4.00. The van der Waals surface area contributed by atoms with Crippen molar-refractivity contribution in [1.29, 1.82) is 0 Å². The van der Waals surface area contributed by atoms with Crippen LogP contribution in [-0.2, 0) is 0 Å². The van der Waals surface area contributed by atoms with Gasteiger partial charge < -0.3 is 10.7 Å². The summed E-state index contributed by atoms with van der Waals surface area (Å²) in [5, 5.41) is 0. The van der Waals surface area contributed by atoms with Crippen LogP contribution in [0.3, 0.4) is 0 Å². The second-order valence-corrected chi connectivity index (χ2v) is 8.09. The third-order valence-corrected chi connectivity index (χ3v) is 7.74. The highest BCUT2D eigenvalue weighted by molar-refractivity contribution is 6.77. The van der Waals surface area contributed by atoms with E-state index in [1.165, 1.54) is 18.1 Å². The summed E-state index contributed by atoms with van der Waals surface area (Å²) in [5.41, 5.74) is 5.46. The molecule has 2 nitrogen and oxygen atoms in total. The first-order valence-corrected chi connectivity index (χ1v) is 7.32. The van der Waals surface area contributed by atoms with Crippen LogP contribution in [0.2, 0.25) is 18.1 Å². The summed E-state index contributed by atoms with van der Waals surface area (Å²) in [5.74, 6) is 0. The van der Waals surface area contributed by atoms with Crippen LogP contribution in [0.4, 0.5) is 0 Å². The zero-order valence-electron chi connectivity index (χ0n) is 8.11. The highest BCUT2D eigenvalue weighted by atomic mass is 28.3. The molecule has 0 aromatic rings. The monoisotopic (exact) mass is 174 g/mol. The minimum absolute atomic E-state index is 0.773. The topological polar surface area (TPSA) is 38.0 Å². The minimum Gasteiger partial charge on any atom is -0.336 e. The zero-order valence-corrected chi connectivity index (χ0v) is 9.11. The maximum absolute atomic E-state index is 5.46. The van der Waals surface area contributed by atoms with Crippen LogP contribution in [-0.4, -0.2) is 21.3 Å². The van der Waals surface area contributed by atoms with E-state index in [2.05, 4.69) is 25.8 Å². The van der Waals surface area contributed by atoms with Crippen molar-refractivity contribution in [3.05, 3.63) is 0 Å². The molecule has 3 heteroatoms. The molecule has 0 saturated carbocycles. The molecular formula is C8H22N2Si. The largest absolute Gasteiger partial charge is 0.336 e. The van der Waals surface area contributed by atoms with Crippen molar-refractivity contribution < 1.29 is 0 Å². The van der Waals surface area contributed by atoms with Crippen LogP contribution in [0.15, 0.2) is 0 Å². The zero-order chi connectivity index (χ0) is 8.74. The number of rotatable bonds is 6. The molecule has 0 heterocycles. The third-order valence-electron chi connectivity index (χ3n) is 2.67. The van der Waals surface area contributed by atoms with E-state index in [9.17, 15) is 0 Å². The summed E-state index contributed by atoms with van der Waals surface area (Å²) < 4.78 is 0. The van der Waals surface area contributed by atoms with Crippen LogP contribution in [0.5, 0.6) is 0 Å². The normalized spacial score (nSPS) is 12.0. The molecule has 0 fully saturated rings. The van der Waals surface area contributed by atoms with Crippen LogP contribution in [0.25, 0.3) is 0 Å². The fourth-order valence-electron chi connectivity index (χ4n) is 1.46. The van der Waals surface area contributed by atoms with Gasteiger partial charge in [-0.05, 0) is 18.1 Å². The van der Waals surface area contributed by atoms with Crippen molar-refractivity contribution >= 4 is 8.24 Å². The van der Waals surface area contributed by atoms with Gasteiger partial charge in [0.15, 0.2) is 0 Å². The molecule has 0 aliphatic heterocycles. The Labute approximate surface area is 71.6 Å². The maximum Gasteiger partial charge on any atom is 0.124 e. The Bertz CT molecular complexity index is 83.8. The van der Waals surface area contributed by atoms with E-state index in [1.54, 1.807) is 0 Å². The molecule has 0 spiro atoms. The van der Waals surface area contributed by atoms with Gasteiger partial charge in [-0.3, -0.25) is 0 Å². The van der Waals surface area contributed by atoms with Crippen molar-refractivity contribution in [2.24, 2.45) is 5.73 Å². The van der Waals surface area contributed by atoms with E-state index in [-0.39, 0.29) is 0 Å². The Morgan fingerprint density at radius 3 is 1.82 bits per heavy atom. The van der Waals surface area contributed by atoms with Gasteiger partial charge in [0.05, 0.1) is 0 Å². The average molecular weight is 174 g/mol. The van der Waals surface area contributed by atoms with Crippen molar-refractivity contribution in [2.45, 2.75) is 38.9 Å². The quantitative estimate of drug-likeness (QED) is 0.600. The summed E-state index contributed by atoms with van der Waals surface area (Å²) in [6.45, 7) is 8.66. The number of hydrogen-bond acceptors (Lipinski definition) is 2. The lowest BCUT2D eigenvalue weighted by Crippen LogP contribution is -2.50. The summed E-state index contributed by atoms with van der Waals surface area (Å²) >= 11 is 0. The van der Waals surface area contributed by atoms with Gasteiger partial charge in [0.2, 0.25) is 0 Å². The van der Waals surface area contributed by atoms with Crippen LogP contribution < -0.4 is 10.7 Å². The van der Waals surface area contributed by atoms with Gasteiger partial charge in [0.1, 0.15) is 8.24 Å². The molecule has 0 unspecified atom stereocenters. The van der Waals surface area contributed by atoms with Gasteiger partial charge in [0.25, 0.3) is 0 Å². The molecule has 68 valence electrons. The van der Waals surface area contributed by atoms with Crippen molar-refractivity contribution in [2.75, 3.05) is 13.1 Å². The lowest BCUT2D eigenvalue weighted by atomic mass is 10.7. The second kappa shape index (κ2) is 5.74. The van der Waals surface area contributed by atoms with Gasteiger partial charge in [-0.15, -0.1) is 0 Å². The highest BCUT2D eigenvalue weighted by Crippen LogP contribution is 2.15. The smallest absolute Gasteiger partial charge is 0.124 e. The van der Waals surface area contributed by atoms with E-state index in [4.69, 9.17) is 5.73 Å². The Balaban J connectivity index is 3.84. The minimum atomic E-state index is -1.07. The average Bonchev–Trinajstić information content (AvgIpc) is 2.08. The molecule has 0 aromatic carbocycles. The Morgan fingerprint density at radius 2 is 1.55 bits per heavy atom. The van der Waals surface area contributed by atoms with E-state index in [0.29, 0.717) is 0 Å². The Morgan fingerprint density at radius 1 is 1.09 bits per heavy atom. The van der Waals surface area contributed by atoms with Crippen LogP contribution in [0.1, 0.15) is 20.8 Å². The Kier molecular flexibility index (Phi) is 5.82. The molecule has 11 heavy (non-hydrogen) atoms. The molecule has 0 aromatic heterocycles. The van der Waals surface area contributed by atoms with E-state index < -0.39 is 8.24 Å². The number of hydrogen-bond donors (Lipinski definition) is 2. The number of nitrogens with one attached hydrogen (secondary N) is 1. The summed E-state index contributed by atoms with van der Waals surface area (Å²) in [7, 11) is -1.07. The predicted octanol–water partition coefficient (Wildman–Crippen LogP) is 1.54. The van der Waals surface area contributed by atoms with Crippen LogP contribution in [0, 0.1) is 0 Å². The van der Waals surface area contributed by atoms with Crippen molar-refractivity contribution in [3.63, 3.8) is 0 Å². The van der Waals surface area contributed by atoms with Crippen LogP contribution >= 0.6 is 0 Å². The highest BCUT2D eigenvalue weighted by Gasteiger charge is 2.25. The van der Waals surface area contributed by atoms with Gasteiger partial charge in [-0.25, -0.2) is 0 Å². The first-order chi connectivity index (χ1) is 5.24. The molecule has 0 bridgehead atoms. The SMILES string of the molecule is CC[Si](CC)(CC)NCCN. The fraction of sp³-hybridized carbons (Fsp3) is 1.00. The van der Waals surface area contributed by atoms with Gasteiger partial charge in [-0.2, -0.15) is 0 Å². The van der Waals surface area contributed by atoms with E-state index in [0.717, 1.165) is 13.1 Å². The van der Waals surface area contributed by atoms with Crippen molar-refractivity contribution in [3.8, 4) is 0 Å². The van der Waals surface area contributed by atoms with Crippen molar-refractivity contribution in [1.82, 2.24) is 4.98 Å². The standard InChI is InChI=1S/C8H22N2Si/c1-4-11(5-2,6-3)10-8-7-9/h10H,4-9H2,1-3H3. The Hall–Kier alpha value is 0.137. The molecule has 0 aliphatic rings. The second-order valence-electron chi connectivity index (χ2n) is 3.06. The summed E-state index contributed by atoms with van der Waals surface area (Å²) in [6.07, 6.45) is 0. The number of nitrogens with two attached hydrogens (primary N) is 1. The van der Waals surface area contributed by atoms with E-state index in [1.807, 2.05) is 0 Å².